The van der Waals surface area contributed by atoms with Gasteiger partial charge in [-0.15, -0.1) is 5.10 Å². The fourth-order valence-corrected chi connectivity index (χ4v) is 3.81. The van der Waals surface area contributed by atoms with Crippen LogP contribution in [0.1, 0.15) is 26.7 Å². The molecule has 1 aliphatic rings. The number of carbonyl (C=O) groups excluding carboxylic acids is 1. The molecule has 3 aromatic heterocycles. The van der Waals surface area contributed by atoms with Gasteiger partial charge < -0.3 is 10.2 Å². The fourth-order valence-electron chi connectivity index (χ4n) is 3.81. The highest BCUT2D eigenvalue weighted by Gasteiger charge is 2.25. The number of hydrogen-bond donors (Lipinski definition) is 1. The average molecular weight is 393 g/mol. The Kier molecular flexibility index (Phi) is 5.53. The number of nitrogens with one attached hydrogen (secondary N) is 1. The fraction of sp³-hybridized carbons (Fsp3) is 0.476. The zero-order chi connectivity index (χ0) is 20.4. The van der Waals surface area contributed by atoms with Crippen molar-refractivity contribution in [2.45, 2.75) is 26.7 Å². The number of amides is 1. The van der Waals surface area contributed by atoms with Crippen LogP contribution in [-0.4, -0.2) is 55.4 Å². The molecular formula is C21H27N7O. The van der Waals surface area contributed by atoms with Gasteiger partial charge in [0.05, 0.1) is 17.4 Å². The van der Waals surface area contributed by atoms with E-state index in [1.165, 1.54) is 0 Å². The van der Waals surface area contributed by atoms with Gasteiger partial charge in [0.25, 0.3) is 0 Å². The second kappa shape index (κ2) is 8.24. The van der Waals surface area contributed by atoms with Gasteiger partial charge in [0.15, 0.2) is 0 Å². The molecule has 4 rings (SSSR count). The summed E-state index contributed by atoms with van der Waals surface area (Å²) in [7, 11) is 1.82. The molecule has 0 spiro atoms. The van der Waals surface area contributed by atoms with Crippen molar-refractivity contribution in [3.8, 4) is 11.4 Å². The number of aryl methyl sites for hydroxylation is 1. The number of nitrogens with zero attached hydrogens (tertiary/aromatic N) is 6. The molecule has 152 valence electrons. The first kappa shape index (κ1) is 19.4. The highest BCUT2D eigenvalue weighted by molar-refractivity contribution is 5.93. The first-order valence-electron chi connectivity index (χ1n) is 10.1. The van der Waals surface area contributed by atoms with Gasteiger partial charge in [-0.25, -0.2) is 9.97 Å². The number of anilines is 1. The number of carbonyl (C=O) groups is 1. The van der Waals surface area contributed by atoms with E-state index < -0.39 is 0 Å². The summed E-state index contributed by atoms with van der Waals surface area (Å²) in [5.74, 6) is 1.28. The Morgan fingerprint density at radius 1 is 1.24 bits per heavy atom. The quantitative estimate of drug-likeness (QED) is 0.717. The molecule has 0 saturated carbocycles. The lowest BCUT2D eigenvalue weighted by Gasteiger charge is -2.32. The van der Waals surface area contributed by atoms with Crippen LogP contribution in [0.2, 0.25) is 0 Å². The van der Waals surface area contributed by atoms with Crippen molar-refractivity contribution in [3.05, 3.63) is 30.6 Å². The highest BCUT2D eigenvalue weighted by Crippen LogP contribution is 2.23. The van der Waals surface area contributed by atoms with Crippen molar-refractivity contribution in [1.82, 2.24) is 29.9 Å². The Hall–Kier alpha value is -2.87. The molecule has 0 atom stereocenters. The summed E-state index contributed by atoms with van der Waals surface area (Å²) in [5, 5.41) is 12.0. The third-order valence-corrected chi connectivity index (χ3v) is 5.27. The molecule has 0 bridgehead atoms. The Morgan fingerprint density at radius 2 is 2.03 bits per heavy atom. The maximum Gasteiger partial charge on any atom is 0.228 e. The van der Waals surface area contributed by atoms with Crippen LogP contribution < -0.4 is 5.32 Å². The van der Waals surface area contributed by atoms with E-state index in [1.807, 2.05) is 31.4 Å². The zero-order valence-electron chi connectivity index (χ0n) is 17.2. The smallest absolute Gasteiger partial charge is 0.228 e. The molecule has 29 heavy (non-hydrogen) atoms. The summed E-state index contributed by atoms with van der Waals surface area (Å²) in [6.07, 6.45) is 5.34. The van der Waals surface area contributed by atoms with Crippen LogP contribution in [0.4, 0.5) is 5.82 Å². The standard InChI is InChI=1S/C21H27N7O/c1-14(2)12-28-8-6-15(7-9-28)21(29)24-20-10-18-16(11-22-20)4-5-17(23-18)19-13-27(3)26-25-19/h4-5,10-11,13-15H,6-9,12H2,1-3H3,(H,22,24,29). The number of likely N-dealkylation sites (tertiary alicyclic amines) is 1. The number of aromatic nitrogens is 5. The summed E-state index contributed by atoms with van der Waals surface area (Å²) in [6.45, 7) is 7.51. The van der Waals surface area contributed by atoms with E-state index in [0.717, 1.165) is 49.1 Å². The molecule has 1 N–H and O–H groups in total. The third kappa shape index (κ3) is 4.59. The molecule has 4 heterocycles. The minimum absolute atomic E-state index is 0.0368. The summed E-state index contributed by atoms with van der Waals surface area (Å²) in [6, 6.07) is 5.67. The Bertz CT molecular complexity index is 1010. The topological polar surface area (TPSA) is 88.8 Å². The maximum absolute atomic E-state index is 12.7. The monoisotopic (exact) mass is 393 g/mol. The van der Waals surface area contributed by atoms with Crippen LogP contribution in [-0.2, 0) is 11.8 Å². The van der Waals surface area contributed by atoms with Crippen LogP contribution >= 0.6 is 0 Å². The van der Waals surface area contributed by atoms with Gasteiger partial charge in [-0.1, -0.05) is 19.1 Å². The van der Waals surface area contributed by atoms with E-state index in [0.29, 0.717) is 17.4 Å². The van der Waals surface area contributed by atoms with Crippen LogP contribution in [0.15, 0.2) is 30.6 Å². The molecule has 3 aromatic rings. The molecule has 1 aliphatic heterocycles. The van der Waals surface area contributed by atoms with Crippen molar-refractivity contribution in [2.24, 2.45) is 18.9 Å². The van der Waals surface area contributed by atoms with Crippen molar-refractivity contribution in [2.75, 3.05) is 25.0 Å². The Morgan fingerprint density at radius 3 is 2.72 bits per heavy atom. The molecule has 1 saturated heterocycles. The number of rotatable bonds is 5. The maximum atomic E-state index is 12.7. The minimum Gasteiger partial charge on any atom is -0.310 e. The minimum atomic E-state index is 0.0368. The van der Waals surface area contributed by atoms with Gasteiger partial charge in [0.2, 0.25) is 5.91 Å². The number of piperidine rings is 1. The van der Waals surface area contributed by atoms with E-state index in [1.54, 1.807) is 10.9 Å². The Balaban J connectivity index is 1.44. The first-order valence-corrected chi connectivity index (χ1v) is 10.1. The average Bonchev–Trinajstić information content (AvgIpc) is 3.14. The molecule has 0 aliphatic carbocycles. The van der Waals surface area contributed by atoms with E-state index in [9.17, 15) is 4.79 Å². The molecule has 8 nitrogen and oxygen atoms in total. The van der Waals surface area contributed by atoms with E-state index in [4.69, 9.17) is 0 Å². The van der Waals surface area contributed by atoms with Crippen molar-refractivity contribution < 1.29 is 4.79 Å². The van der Waals surface area contributed by atoms with Gasteiger partial charge in [-0.3, -0.25) is 9.48 Å². The van der Waals surface area contributed by atoms with Gasteiger partial charge in [-0.2, -0.15) is 0 Å². The highest BCUT2D eigenvalue weighted by atomic mass is 16.1. The largest absolute Gasteiger partial charge is 0.310 e. The zero-order valence-corrected chi connectivity index (χ0v) is 17.2. The summed E-state index contributed by atoms with van der Waals surface area (Å²) in [4.78, 5) is 24.2. The molecule has 1 fully saturated rings. The summed E-state index contributed by atoms with van der Waals surface area (Å²) in [5.41, 5.74) is 2.22. The predicted octanol–water partition coefficient (Wildman–Crippen LogP) is 2.73. The van der Waals surface area contributed by atoms with Crippen LogP contribution in [0.3, 0.4) is 0 Å². The lowest BCUT2D eigenvalue weighted by atomic mass is 9.95. The second-order valence-corrected chi connectivity index (χ2v) is 8.19. The van der Waals surface area contributed by atoms with Crippen LogP contribution in [0.25, 0.3) is 22.3 Å². The SMILES string of the molecule is CC(C)CN1CCC(C(=O)Nc2cc3nc(-c4cn(C)nn4)ccc3cn2)CC1. The molecule has 0 radical (unpaired) electrons. The summed E-state index contributed by atoms with van der Waals surface area (Å²) < 4.78 is 1.64. The first-order chi connectivity index (χ1) is 14.0. The summed E-state index contributed by atoms with van der Waals surface area (Å²) >= 11 is 0. The van der Waals surface area contributed by atoms with Crippen molar-refractivity contribution in [1.29, 1.82) is 0 Å². The van der Waals surface area contributed by atoms with E-state index in [2.05, 4.69) is 44.3 Å². The molecule has 8 heteroatoms. The third-order valence-electron chi connectivity index (χ3n) is 5.27. The lowest BCUT2D eigenvalue weighted by molar-refractivity contribution is -0.121. The lowest BCUT2D eigenvalue weighted by Crippen LogP contribution is -2.39. The van der Waals surface area contributed by atoms with Crippen LogP contribution in [0, 0.1) is 11.8 Å². The van der Waals surface area contributed by atoms with Gasteiger partial charge in [0, 0.05) is 37.2 Å². The molecule has 0 aromatic carbocycles. The predicted molar refractivity (Wildman–Crippen MR) is 112 cm³/mol. The van der Waals surface area contributed by atoms with Crippen molar-refractivity contribution >= 4 is 22.6 Å². The number of hydrogen-bond acceptors (Lipinski definition) is 6. The van der Waals surface area contributed by atoms with Gasteiger partial charge in [-0.05, 0) is 44.0 Å². The normalized spacial score (nSPS) is 15.9. The molecular weight excluding hydrogens is 366 g/mol. The molecule has 0 unspecified atom stereocenters. The van der Waals surface area contributed by atoms with E-state index >= 15 is 0 Å². The Labute approximate surface area is 170 Å². The number of fused-ring (bicyclic) bond motifs is 1. The molecule has 1 amide bonds. The number of pyridine rings is 2. The van der Waals surface area contributed by atoms with Gasteiger partial charge in [0.1, 0.15) is 11.5 Å². The van der Waals surface area contributed by atoms with Crippen LogP contribution in [0.5, 0.6) is 0 Å². The second-order valence-electron chi connectivity index (χ2n) is 8.19. The van der Waals surface area contributed by atoms with Gasteiger partial charge >= 0.3 is 0 Å². The van der Waals surface area contributed by atoms with Crippen molar-refractivity contribution in [3.63, 3.8) is 0 Å². The van der Waals surface area contributed by atoms with E-state index in [-0.39, 0.29) is 11.8 Å².